The Balaban J connectivity index is 2.30. The molecule has 10 heteroatoms. The van der Waals surface area contributed by atoms with Gasteiger partial charge in [-0.3, -0.25) is 4.79 Å². The third-order valence-electron chi connectivity index (χ3n) is 4.40. The number of nitrogens with two attached hydrogens (primary N) is 1. The first kappa shape index (κ1) is 20.9. The highest BCUT2D eigenvalue weighted by molar-refractivity contribution is 7.89. The van der Waals surface area contributed by atoms with Crippen LogP contribution in [0.25, 0.3) is 0 Å². The van der Waals surface area contributed by atoms with Crippen molar-refractivity contribution in [2.75, 3.05) is 46.9 Å². The fraction of sp³-hybridized carbons (Fsp3) is 0.562. The zero-order chi connectivity index (χ0) is 19.5. The molecule has 1 aromatic rings. The van der Waals surface area contributed by atoms with Crippen LogP contribution in [-0.2, 0) is 10.0 Å². The van der Waals surface area contributed by atoms with Gasteiger partial charge < -0.3 is 19.9 Å². The second-order valence-electron chi connectivity index (χ2n) is 6.35. The van der Waals surface area contributed by atoms with Crippen molar-refractivity contribution in [3.63, 3.8) is 0 Å². The highest BCUT2D eigenvalue weighted by Gasteiger charge is 2.25. The predicted molar refractivity (Wildman–Crippen MR) is 100 cm³/mol. The molecule has 0 aliphatic carbocycles. The summed E-state index contributed by atoms with van der Waals surface area (Å²) in [4.78, 5) is 16.9. The lowest BCUT2D eigenvalue weighted by Crippen LogP contribution is -2.46. The van der Waals surface area contributed by atoms with Gasteiger partial charge in [0.1, 0.15) is 10.6 Å². The first-order chi connectivity index (χ1) is 12.2. The highest BCUT2D eigenvalue weighted by atomic mass is 35.5. The van der Waals surface area contributed by atoms with E-state index in [1.807, 2.05) is 7.05 Å². The molecule has 0 spiro atoms. The van der Waals surface area contributed by atoms with Crippen LogP contribution in [-0.4, -0.2) is 77.0 Å². The Morgan fingerprint density at radius 2 is 2.08 bits per heavy atom. The number of hydrogen-bond acceptors (Lipinski definition) is 6. The van der Waals surface area contributed by atoms with E-state index >= 15 is 0 Å². The average molecular weight is 405 g/mol. The van der Waals surface area contributed by atoms with Crippen LogP contribution in [0.1, 0.15) is 17.3 Å². The number of carbonyl (C=O) groups excluding carboxylic acids is 1. The van der Waals surface area contributed by atoms with Crippen molar-refractivity contribution in [1.82, 2.24) is 15.1 Å². The number of sulfonamides is 1. The molecule has 1 unspecified atom stereocenters. The predicted octanol–water partition coefficient (Wildman–Crippen LogP) is 0.362. The molecule has 1 amide bonds. The minimum atomic E-state index is -4.06. The summed E-state index contributed by atoms with van der Waals surface area (Å²) in [6.45, 7) is 6.22. The van der Waals surface area contributed by atoms with Crippen LogP contribution in [0.5, 0.6) is 5.75 Å². The summed E-state index contributed by atoms with van der Waals surface area (Å²) in [5.41, 5.74) is 0.0795. The Hall–Kier alpha value is -1.39. The summed E-state index contributed by atoms with van der Waals surface area (Å²) in [6.07, 6.45) is 0. The van der Waals surface area contributed by atoms with Gasteiger partial charge in [-0.1, -0.05) is 18.5 Å². The van der Waals surface area contributed by atoms with Gasteiger partial charge in [-0.2, -0.15) is 0 Å². The maximum absolute atomic E-state index is 12.8. The molecule has 26 heavy (non-hydrogen) atoms. The number of hydrogen-bond donors (Lipinski definition) is 2. The topological polar surface area (TPSA) is 105 Å². The molecular weight excluding hydrogens is 380 g/mol. The van der Waals surface area contributed by atoms with Gasteiger partial charge in [-0.15, -0.1) is 0 Å². The maximum atomic E-state index is 12.8. The van der Waals surface area contributed by atoms with Crippen LogP contribution in [0, 0.1) is 0 Å². The Morgan fingerprint density at radius 1 is 1.38 bits per heavy atom. The molecule has 1 aromatic carbocycles. The number of benzene rings is 1. The molecule has 1 aliphatic heterocycles. The van der Waals surface area contributed by atoms with Crippen molar-refractivity contribution in [3.8, 4) is 5.75 Å². The maximum Gasteiger partial charge on any atom is 0.255 e. The van der Waals surface area contributed by atoms with Crippen LogP contribution >= 0.6 is 11.6 Å². The van der Waals surface area contributed by atoms with E-state index in [0.717, 1.165) is 25.7 Å². The second kappa shape index (κ2) is 8.53. The fourth-order valence-electron chi connectivity index (χ4n) is 2.98. The van der Waals surface area contributed by atoms with Crippen molar-refractivity contribution in [1.29, 1.82) is 0 Å². The van der Waals surface area contributed by atoms with Gasteiger partial charge in [0.2, 0.25) is 10.0 Å². The Morgan fingerprint density at radius 3 is 2.65 bits per heavy atom. The molecule has 0 bridgehead atoms. The molecule has 1 atom stereocenters. The molecule has 1 aliphatic rings. The number of primary sulfonamides is 1. The van der Waals surface area contributed by atoms with Crippen LogP contribution in [0.2, 0.25) is 5.02 Å². The lowest BCUT2D eigenvalue weighted by molar-refractivity contribution is 0.0921. The lowest BCUT2D eigenvalue weighted by atomic mass is 10.1. The molecule has 1 fully saturated rings. The van der Waals surface area contributed by atoms with Crippen molar-refractivity contribution in [2.45, 2.75) is 17.9 Å². The van der Waals surface area contributed by atoms with Crippen LogP contribution in [0.15, 0.2) is 17.0 Å². The monoisotopic (exact) mass is 404 g/mol. The zero-order valence-corrected chi connectivity index (χ0v) is 16.7. The smallest absolute Gasteiger partial charge is 0.255 e. The van der Waals surface area contributed by atoms with E-state index in [4.69, 9.17) is 21.5 Å². The largest absolute Gasteiger partial charge is 0.496 e. The van der Waals surface area contributed by atoms with Crippen LogP contribution in [0.3, 0.4) is 0 Å². The average Bonchev–Trinajstić information content (AvgIpc) is 2.74. The van der Waals surface area contributed by atoms with Gasteiger partial charge in [0.05, 0.1) is 23.7 Å². The molecule has 3 N–H and O–H groups in total. The third-order valence-corrected chi connectivity index (χ3v) is 5.77. The number of nitrogens with zero attached hydrogens (tertiary/aromatic N) is 2. The number of ether oxygens (including phenoxy) is 1. The molecule has 2 rings (SSSR count). The van der Waals surface area contributed by atoms with Gasteiger partial charge in [0, 0.05) is 32.2 Å². The summed E-state index contributed by atoms with van der Waals surface area (Å²) in [7, 11) is -0.672. The molecule has 8 nitrogen and oxygen atoms in total. The van der Waals surface area contributed by atoms with Crippen molar-refractivity contribution < 1.29 is 17.9 Å². The molecule has 0 saturated carbocycles. The summed E-state index contributed by atoms with van der Waals surface area (Å²) < 4.78 is 28.6. The van der Waals surface area contributed by atoms with E-state index in [0.29, 0.717) is 13.1 Å². The first-order valence-corrected chi connectivity index (χ1v) is 10.2. The van der Waals surface area contributed by atoms with E-state index in [9.17, 15) is 13.2 Å². The normalized spacial score (nSPS) is 19.8. The van der Waals surface area contributed by atoms with Crippen molar-refractivity contribution >= 4 is 27.5 Å². The van der Waals surface area contributed by atoms with E-state index in [2.05, 4.69) is 22.0 Å². The zero-order valence-electron chi connectivity index (χ0n) is 15.2. The van der Waals surface area contributed by atoms with Crippen LogP contribution < -0.4 is 15.2 Å². The van der Waals surface area contributed by atoms with Gasteiger partial charge in [0.15, 0.2) is 0 Å². The standard InChI is InChI=1S/C16H25ClN4O4S/c1-4-21-6-5-20(2)9-11(10-21)19-16(22)12-7-15(26(18,23)24)13(17)8-14(12)25-3/h7-8,11H,4-6,9-10H2,1-3H3,(H,19,22)(H2,18,23,24). The van der Waals surface area contributed by atoms with E-state index in [-0.39, 0.29) is 27.3 Å². The number of nitrogens with one attached hydrogen (secondary N) is 1. The Kier molecular flexibility index (Phi) is 6.86. The van der Waals surface area contributed by atoms with Gasteiger partial charge >= 0.3 is 0 Å². The Bertz CT molecular complexity index is 772. The van der Waals surface area contributed by atoms with Gasteiger partial charge in [-0.05, 0) is 19.7 Å². The summed E-state index contributed by atoms with van der Waals surface area (Å²) >= 11 is 5.96. The van der Waals surface area contributed by atoms with E-state index in [1.165, 1.54) is 13.2 Å². The number of amides is 1. The molecular formula is C16H25ClN4O4S. The number of carbonyl (C=O) groups is 1. The quantitative estimate of drug-likeness (QED) is 0.734. The Labute approximate surface area is 159 Å². The second-order valence-corrected chi connectivity index (χ2v) is 8.29. The number of methoxy groups -OCH3 is 1. The molecule has 1 saturated heterocycles. The third kappa shape index (κ3) is 5.08. The van der Waals surface area contributed by atoms with E-state index < -0.39 is 15.9 Å². The molecule has 0 radical (unpaired) electrons. The summed E-state index contributed by atoms with van der Waals surface area (Å²) in [6, 6.07) is 2.34. The lowest BCUT2D eigenvalue weighted by Gasteiger charge is -2.24. The number of halogens is 1. The van der Waals surface area contributed by atoms with Crippen molar-refractivity contribution in [2.24, 2.45) is 5.14 Å². The summed E-state index contributed by atoms with van der Waals surface area (Å²) in [5.74, 6) is -0.242. The number of likely N-dealkylation sites (N-methyl/N-ethyl adjacent to an activating group) is 2. The first-order valence-electron chi connectivity index (χ1n) is 8.27. The summed E-state index contributed by atoms with van der Waals surface area (Å²) in [5, 5.41) is 8.05. The minimum absolute atomic E-state index is 0.0795. The van der Waals surface area contributed by atoms with Crippen molar-refractivity contribution in [3.05, 3.63) is 22.7 Å². The SMILES string of the molecule is CCN1CCN(C)CC(NC(=O)c2cc(S(N)(=O)=O)c(Cl)cc2OC)C1. The minimum Gasteiger partial charge on any atom is -0.496 e. The molecule has 0 aromatic heterocycles. The number of rotatable bonds is 5. The van der Waals surface area contributed by atoms with E-state index in [1.54, 1.807) is 0 Å². The highest BCUT2D eigenvalue weighted by Crippen LogP contribution is 2.29. The molecule has 1 heterocycles. The van der Waals surface area contributed by atoms with Gasteiger partial charge in [-0.25, -0.2) is 13.6 Å². The fourth-order valence-corrected chi connectivity index (χ4v) is 4.07. The molecule has 146 valence electrons. The van der Waals surface area contributed by atoms with Gasteiger partial charge in [0.25, 0.3) is 5.91 Å². The van der Waals surface area contributed by atoms with Crippen LogP contribution in [0.4, 0.5) is 0 Å².